The SMILES string of the molecule is CNCCc1cccc(C2(COC)CC2)c1. The number of hydrogen-bond donors (Lipinski definition) is 1. The number of methoxy groups -OCH3 is 1. The molecule has 0 spiro atoms. The Hall–Kier alpha value is -0.860. The molecule has 0 saturated heterocycles. The lowest BCUT2D eigenvalue weighted by Gasteiger charge is -2.15. The quantitative estimate of drug-likeness (QED) is 0.791. The molecule has 2 heteroatoms. The minimum absolute atomic E-state index is 0.338. The van der Waals surface area contributed by atoms with Crippen LogP contribution in [0.5, 0.6) is 0 Å². The predicted molar refractivity (Wildman–Crippen MR) is 66.9 cm³/mol. The zero-order valence-corrected chi connectivity index (χ0v) is 10.3. The molecule has 16 heavy (non-hydrogen) atoms. The largest absolute Gasteiger partial charge is 0.384 e. The molecule has 1 aromatic carbocycles. The van der Waals surface area contributed by atoms with Gasteiger partial charge in [0.2, 0.25) is 0 Å². The van der Waals surface area contributed by atoms with Gasteiger partial charge in [-0.1, -0.05) is 24.3 Å². The molecule has 0 aliphatic heterocycles. The molecule has 2 rings (SSSR count). The van der Waals surface area contributed by atoms with E-state index in [0.717, 1.165) is 19.6 Å². The maximum atomic E-state index is 5.33. The molecule has 1 fully saturated rings. The Morgan fingerprint density at radius 2 is 2.19 bits per heavy atom. The standard InChI is InChI=1S/C14H21NO/c1-15-9-6-12-4-3-5-13(10-12)14(7-8-14)11-16-2/h3-5,10,15H,6-9,11H2,1-2H3. The molecule has 0 unspecified atom stereocenters. The number of likely N-dealkylation sites (N-methyl/N-ethyl adjacent to an activating group) is 1. The summed E-state index contributed by atoms with van der Waals surface area (Å²) in [5.74, 6) is 0. The van der Waals surface area contributed by atoms with E-state index in [9.17, 15) is 0 Å². The van der Waals surface area contributed by atoms with E-state index in [1.54, 1.807) is 7.11 Å². The summed E-state index contributed by atoms with van der Waals surface area (Å²) in [4.78, 5) is 0. The summed E-state index contributed by atoms with van der Waals surface area (Å²) in [5, 5.41) is 3.19. The second kappa shape index (κ2) is 4.98. The van der Waals surface area contributed by atoms with Gasteiger partial charge in [0.05, 0.1) is 6.61 Å². The van der Waals surface area contributed by atoms with Crippen LogP contribution in [0, 0.1) is 0 Å². The highest BCUT2D eigenvalue weighted by atomic mass is 16.5. The van der Waals surface area contributed by atoms with Crippen molar-refractivity contribution in [3.8, 4) is 0 Å². The molecule has 1 N–H and O–H groups in total. The highest BCUT2D eigenvalue weighted by Crippen LogP contribution is 2.48. The van der Waals surface area contributed by atoms with E-state index in [4.69, 9.17) is 4.74 Å². The van der Waals surface area contributed by atoms with Gasteiger partial charge in [0.25, 0.3) is 0 Å². The van der Waals surface area contributed by atoms with Crippen molar-refractivity contribution in [3.05, 3.63) is 35.4 Å². The van der Waals surface area contributed by atoms with E-state index in [1.807, 2.05) is 7.05 Å². The van der Waals surface area contributed by atoms with Gasteiger partial charge in [0, 0.05) is 12.5 Å². The van der Waals surface area contributed by atoms with Crippen LogP contribution in [0.2, 0.25) is 0 Å². The molecule has 0 atom stereocenters. The van der Waals surface area contributed by atoms with Crippen molar-refractivity contribution in [2.24, 2.45) is 0 Å². The average Bonchev–Trinajstić information content (AvgIpc) is 3.08. The number of hydrogen-bond acceptors (Lipinski definition) is 2. The second-order valence-corrected chi connectivity index (χ2v) is 4.77. The molecule has 1 aliphatic rings. The molecule has 2 nitrogen and oxygen atoms in total. The first-order chi connectivity index (χ1) is 7.80. The Bertz CT molecular complexity index is 344. The van der Waals surface area contributed by atoms with Gasteiger partial charge in [0.1, 0.15) is 0 Å². The number of ether oxygens (including phenoxy) is 1. The molecule has 0 heterocycles. The monoisotopic (exact) mass is 219 g/mol. The van der Waals surface area contributed by atoms with Crippen molar-refractivity contribution in [1.29, 1.82) is 0 Å². The zero-order valence-electron chi connectivity index (χ0n) is 10.3. The fourth-order valence-electron chi connectivity index (χ4n) is 2.27. The van der Waals surface area contributed by atoms with Crippen LogP contribution < -0.4 is 5.32 Å². The Kier molecular flexibility index (Phi) is 3.62. The topological polar surface area (TPSA) is 21.3 Å². The molecule has 0 aromatic heterocycles. The van der Waals surface area contributed by atoms with Crippen LogP contribution >= 0.6 is 0 Å². The van der Waals surface area contributed by atoms with Crippen molar-refractivity contribution in [1.82, 2.24) is 5.32 Å². The Morgan fingerprint density at radius 3 is 2.81 bits per heavy atom. The van der Waals surface area contributed by atoms with E-state index < -0.39 is 0 Å². The maximum Gasteiger partial charge on any atom is 0.0559 e. The van der Waals surface area contributed by atoms with Crippen molar-refractivity contribution in [3.63, 3.8) is 0 Å². The first-order valence-electron chi connectivity index (χ1n) is 6.04. The third kappa shape index (κ3) is 2.45. The number of nitrogens with one attached hydrogen (secondary N) is 1. The fraction of sp³-hybridized carbons (Fsp3) is 0.571. The van der Waals surface area contributed by atoms with E-state index >= 15 is 0 Å². The molecule has 1 saturated carbocycles. The average molecular weight is 219 g/mol. The van der Waals surface area contributed by atoms with E-state index in [-0.39, 0.29) is 0 Å². The summed E-state index contributed by atoms with van der Waals surface area (Å²) in [6.45, 7) is 1.91. The number of benzene rings is 1. The highest BCUT2D eigenvalue weighted by molar-refractivity contribution is 5.35. The van der Waals surface area contributed by atoms with Crippen molar-refractivity contribution in [2.45, 2.75) is 24.7 Å². The molecule has 88 valence electrons. The van der Waals surface area contributed by atoms with Crippen LogP contribution in [0.25, 0.3) is 0 Å². The molecule has 0 radical (unpaired) electrons. The Labute approximate surface area is 98.0 Å². The van der Waals surface area contributed by atoms with Crippen LogP contribution in [-0.2, 0) is 16.6 Å². The molecule has 0 amide bonds. The summed E-state index contributed by atoms with van der Waals surface area (Å²) in [5.41, 5.74) is 3.22. The summed E-state index contributed by atoms with van der Waals surface area (Å²) in [6.07, 6.45) is 3.65. The van der Waals surface area contributed by atoms with Gasteiger partial charge in [0.15, 0.2) is 0 Å². The lowest BCUT2D eigenvalue weighted by molar-refractivity contribution is 0.171. The van der Waals surface area contributed by atoms with Gasteiger partial charge >= 0.3 is 0 Å². The van der Waals surface area contributed by atoms with E-state index in [2.05, 4.69) is 29.6 Å². The second-order valence-electron chi connectivity index (χ2n) is 4.77. The van der Waals surface area contributed by atoms with E-state index in [0.29, 0.717) is 5.41 Å². The van der Waals surface area contributed by atoms with Gasteiger partial charge in [-0.25, -0.2) is 0 Å². The smallest absolute Gasteiger partial charge is 0.0559 e. The van der Waals surface area contributed by atoms with E-state index in [1.165, 1.54) is 24.0 Å². The molecule has 1 aliphatic carbocycles. The van der Waals surface area contributed by atoms with Crippen LogP contribution in [0.15, 0.2) is 24.3 Å². The molecule has 1 aromatic rings. The predicted octanol–water partition coefficient (Wildman–Crippen LogP) is 2.13. The summed E-state index contributed by atoms with van der Waals surface area (Å²) < 4.78 is 5.33. The normalized spacial score (nSPS) is 17.4. The summed E-state index contributed by atoms with van der Waals surface area (Å²) in [6, 6.07) is 8.98. The van der Waals surface area contributed by atoms with Gasteiger partial charge < -0.3 is 10.1 Å². The molecule has 0 bridgehead atoms. The van der Waals surface area contributed by atoms with Crippen molar-refractivity contribution < 1.29 is 4.74 Å². The Balaban J connectivity index is 2.10. The van der Waals surface area contributed by atoms with Crippen LogP contribution in [-0.4, -0.2) is 27.3 Å². The summed E-state index contributed by atoms with van der Waals surface area (Å²) >= 11 is 0. The first kappa shape index (κ1) is 11.6. The fourth-order valence-corrected chi connectivity index (χ4v) is 2.27. The van der Waals surface area contributed by atoms with Crippen LogP contribution in [0.3, 0.4) is 0 Å². The maximum absolute atomic E-state index is 5.33. The Morgan fingerprint density at radius 1 is 1.38 bits per heavy atom. The number of rotatable bonds is 6. The van der Waals surface area contributed by atoms with Gasteiger partial charge in [-0.05, 0) is 44.0 Å². The van der Waals surface area contributed by atoms with Crippen molar-refractivity contribution >= 4 is 0 Å². The van der Waals surface area contributed by atoms with Crippen LogP contribution in [0.4, 0.5) is 0 Å². The highest BCUT2D eigenvalue weighted by Gasteiger charge is 2.44. The lowest BCUT2D eigenvalue weighted by atomic mass is 9.94. The molecular weight excluding hydrogens is 198 g/mol. The third-order valence-corrected chi connectivity index (χ3v) is 3.48. The van der Waals surface area contributed by atoms with Crippen molar-refractivity contribution in [2.75, 3.05) is 27.3 Å². The third-order valence-electron chi connectivity index (χ3n) is 3.48. The molecular formula is C14H21NO. The lowest BCUT2D eigenvalue weighted by Crippen LogP contribution is -2.15. The van der Waals surface area contributed by atoms with Gasteiger partial charge in [-0.15, -0.1) is 0 Å². The minimum Gasteiger partial charge on any atom is -0.384 e. The van der Waals surface area contributed by atoms with Gasteiger partial charge in [-0.3, -0.25) is 0 Å². The van der Waals surface area contributed by atoms with Gasteiger partial charge in [-0.2, -0.15) is 0 Å². The first-order valence-corrected chi connectivity index (χ1v) is 6.04. The minimum atomic E-state index is 0.338. The van der Waals surface area contributed by atoms with Crippen LogP contribution in [0.1, 0.15) is 24.0 Å². The summed E-state index contributed by atoms with van der Waals surface area (Å²) in [7, 11) is 3.79. The zero-order chi connectivity index (χ0) is 11.4.